The first kappa shape index (κ1) is 15.5. The lowest BCUT2D eigenvalue weighted by molar-refractivity contribution is 0.194. The molecule has 0 saturated carbocycles. The van der Waals surface area contributed by atoms with Crippen molar-refractivity contribution >= 4 is 23.1 Å². The van der Waals surface area contributed by atoms with E-state index in [9.17, 15) is 4.79 Å². The number of ether oxygens (including phenoxy) is 1. The van der Waals surface area contributed by atoms with Gasteiger partial charge in [-0.25, -0.2) is 9.78 Å². The van der Waals surface area contributed by atoms with Gasteiger partial charge in [0, 0.05) is 42.6 Å². The molecular formula is C15H19N3O2S. The van der Waals surface area contributed by atoms with E-state index in [4.69, 9.17) is 4.74 Å². The van der Waals surface area contributed by atoms with E-state index in [-0.39, 0.29) is 6.03 Å². The number of aromatic nitrogens is 1. The number of rotatable bonds is 6. The van der Waals surface area contributed by atoms with E-state index in [1.54, 1.807) is 18.4 Å². The topological polar surface area (TPSA) is 63.2 Å². The molecule has 0 spiro atoms. The fourth-order valence-electron chi connectivity index (χ4n) is 1.81. The predicted octanol–water partition coefficient (Wildman–Crippen LogP) is 3.28. The molecule has 0 aliphatic carbocycles. The van der Waals surface area contributed by atoms with Gasteiger partial charge in [-0.1, -0.05) is 12.1 Å². The zero-order valence-electron chi connectivity index (χ0n) is 12.2. The molecule has 0 fully saturated rings. The third kappa shape index (κ3) is 4.84. The first-order chi connectivity index (χ1) is 10.2. The number of nitrogens with zero attached hydrogens (tertiary/aromatic N) is 1. The number of aryl methyl sites for hydroxylation is 1. The van der Waals surface area contributed by atoms with Crippen LogP contribution in [0.2, 0.25) is 0 Å². The number of carbonyl (C=O) groups excluding carboxylic acids is 1. The van der Waals surface area contributed by atoms with Crippen LogP contribution in [-0.4, -0.2) is 31.3 Å². The van der Waals surface area contributed by atoms with E-state index >= 15 is 0 Å². The molecule has 21 heavy (non-hydrogen) atoms. The molecule has 5 nitrogen and oxygen atoms in total. The lowest BCUT2D eigenvalue weighted by atomic mass is 10.2. The monoisotopic (exact) mass is 305 g/mol. The van der Waals surface area contributed by atoms with Gasteiger partial charge >= 0.3 is 6.03 Å². The van der Waals surface area contributed by atoms with Gasteiger partial charge in [-0.3, -0.25) is 0 Å². The maximum atomic E-state index is 11.8. The minimum atomic E-state index is -0.210. The summed E-state index contributed by atoms with van der Waals surface area (Å²) >= 11 is 1.60. The minimum Gasteiger partial charge on any atom is -0.385 e. The van der Waals surface area contributed by atoms with Crippen molar-refractivity contribution in [3.8, 4) is 10.6 Å². The van der Waals surface area contributed by atoms with E-state index in [2.05, 4.69) is 15.6 Å². The molecule has 1 aromatic carbocycles. The Labute approximate surface area is 128 Å². The first-order valence-corrected chi connectivity index (χ1v) is 7.63. The Bertz CT molecular complexity index is 598. The van der Waals surface area contributed by atoms with Gasteiger partial charge in [-0.2, -0.15) is 0 Å². The van der Waals surface area contributed by atoms with Gasteiger partial charge in [0.2, 0.25) is 0 Å². The van der Waals surface area contributed by atoms with Gasteiger partial charge in [0.05, 0.1) is 0 Å². The largest absolute Gasteiger partial charge is 0.385 e. The lowest BCUT2D eigenvalue weighted by Crippen LogP contribution is -2.30. The Morgan fingerprint density at radius 3 is 3.00 bits per heavy atom. The molecule has 2 aromatic rings. The predicted molar refractivity (Wildman–Crippen MR) is 85.8 cm³/mol. The van der Waals surface area contributed by atoms with Crippen LogP contribution in [0.3, 0.4) is 0 Å². The Kier molecular flexibility index (Phi) is 5.71. The summed E-state index contributed by atoms with van der Waals surface area (Å²) in [5.74, 6) is 0. The summed E-state index contributed by atoms with van der Waals surface area (Å²) in [5.41, 5.74) is 2.76. The summed E-state index contributed by atoms with van der Waals surface area (Å²) in [7, 11) is 1.64. The smallest absolute Gasteiger partial charge is 0.319 e. The number of urea groups is 1. The van der Waals surface area contributed by atoms with Crippen LogP contribution in [-0.2, 0) is 4.74 Å². The standard InChI is InChI=1S/C15H19N3O2S/c1-11-10-21-14(17-11)12-5-3-6-13(9-12)18-15(19)16-7-4-8-20-2/h3,5-6,9-10H,4,7-8H2,1-2H3,(H2,16,18,19). The van der Waals surface area contributed by atoms with E-state index in [1.807, 2.05) is 36.6 Å². The molecule has 0 saturated heterocycles. The summed E-state index contributed by atoms with van der Waals surface area (Å²) in [4.78, 5) is 16.2. The van der Waals surface area contributed by atoms with E-state index in [1.165, 1.54) is 0 Å². The SMILES string of the molecule is COCCCNC(=O)Nc1cccc(-c2nc(C)cs2)c1. The third-order valence-electron chi connectivity index (χ3n) is 2.80. The van der Waals surface area contributed by atoms with Crippen LogP contribution in [0.1, 0.15) is 12.1 Å². The fourth-order valence-corrected chi connectivity index (χ4v) is 2.60. The van der Waals surface area contributed by atoms with Crippen LogP contribution in [0.25, 0.3) is 10.6 Å². The molecule has 112 valence electrons. The molecule has 0 aliphatic heterocycles. The van der Waals surface area contributed by atoms with E-state index in [0.717, 1.165) is 28.4 Å². The molecule has 1 heterocycles. The highest BCUT2D eigenvalue weighted by Crippen LogP contribution is 2.25. The summed E-state index contributed by atoms with van der Waals surface area (Å²) in [6.45, 7) is 3.19. The molecule has 6 heteroatoms. The highest BCUT2D eigenvalue weighted by atomic mass is 32.1. The second kappa shape index (κ2) is 7.75. The van der Waals surface area contributed by atoms with Crippen LogP contribution < -0.4 is 10.6 Å². The van der Waals surface area contributed by atoms with Crippen molar-refractivity contribution in [3.05, 3.63) is 35.3 Å². The number of methoxy groups -OCH3 is 1. The molecule has 0 bridgehead atoms. The molecule has 2 rings (SSSR count). The fraction of sp³-hybridized carbons (Fsp3) is 0.333. The number of nitrogens with one attached hydrogen (secondary N) is 2. The van der Waals surface area contributed by atoms with Gasteiger partial charge in [0.15, 0.2) is 0 Å². The average Bonchev–Trinajstić information content (AvgIpc) is 2.91. The number of hydrogen-bond acceptors (Lipinski definition) is 4. The van der Waals surface area contributed by atoms with Crippen LogP contribution in [0.5, 0.6) is 0 Å². The number of anilines is 1. The zero-order chi connectivity index (χ0) is 15.1. The molecule has 0 radical (unpaired) electrons. The highest BCUT2D eigenvalue weighted by Gasteiger charge is 2.05. The molecule has 1 aromatic heterocycles. The van der Waals surface area contributed by atoms with Crippen LogP contribution >= 0.6 is 11.3 Å². The van der Waals surface area contributed by atoms with Crippen molar-refractivity contribution < 1.29 is 9.53 Å². The minimum absolute atomic E-state index is 0.210. The van der Waals surface area contributed by atoms with E-state index < -0.39 is 0 Å². The van der Waals surface area contributed by atoms with Crippen LogP contribution in [0.4, 0.5) is 10.5 Å². The second-order valence-electron chi connectivity index (χ2n) is 4.60. The Balaban J connectivity index is 1.93. The highest BCUT2D eigenvalue weighted by molar-refractivity contribution is 7.13. The zero-order valence-corrected chi connectivity index (χ0v) is 13.0. The number of hydrogen-bond donors (Lipinski definition) is 2. The third-order valence-corrected chi connectivity index (χ3v) is 3.81. The molecule has 0 atom stereocenters. The first-order valence-electron chi connectivity index (χ1n) is 6.75. The van der Waals surface area contributed by atoms with Crippen molar-refractivity contribution in [2.45, 2.75) is 13.3 Å². The average molecular weight is 305 g/mol. The molecule has 0 unspecified atom stereocenters. The van der Waals surface area contributed by atoms with Gasteiger partial charge in [0.1, 0.15) is 5.01 Å². The normalized spacial score (nSPS) is 10.4. The van der Waals surface area contributed by atoms with Crippen LogP contribution in [0.15, 0.2) is 29.6 Å². The van der Waals surface area contributed by atoms with Crippen molar-refractivity contribution in [1.29, 1.82) is 0 Å². The molecule has 2 amide bonds. The number of benzene rings is 1. The van der Waals surface area contributed by atoms with E-state index in [0.29, 0.717) is 13.2 Å². The second-order valence-corrected chi connectivity index (χ2v) is 5.46. The summed E-state index contributed by atoms with van der Waals surface area (Å²) in [5, 5.41) is 8.58. The van der Waals surface area contributed by atoms with Gasteiger partial charge in [-0.05, 0) is 25.5 Å². The molecule has 0 aliphatic rings. The van der Waals surface area contributed by atoms with Gasteiger partial charge in [-0.15, -0.1) is 11.3 Å². The molecule has 2 N–H and O–H groups in total. The maximum absolute atomic E-state index is 11.8. The van der Waals surface area contributed by atoms with Gasteiger partial charge in [0.25, 0.3) is 0 Å². The van der Waals surface area contributed by atoms with Gasteiger partial charge < -0.3 is 15.4 Å². The number of carbonyl (C=O) groups is 1. The van der Waals surface area contributed by atoms with Crippen molar-refractivity contribution in [3.63, 3.8) is 0 Å². The quantitative estimate of drug-likeness (QED) is 0.805. The number of amides is 2. The summed E-state index contributed by atoms with van der Waals surface area (Å²) < 4.78 is 4.93. The Hall–Kier alpha value is -1.92. The number of thiazole rings is 1. The van der Waals surface area contributed by atoms with Crippen molar-refractivity contribution in [1.82, 2.24) is 10.3 Å². The Morgan fingerprint density at radius 1 is 1.43 bits per heavy atom. The van der Waals surface area contributed by atoms with Crippen LogP contribution in [0, 0.1) is 6.92 Å². The summed E-state index contributed by atoms with van der Waals surface area (Å²) in [6, 6.07) is 7.47. The van der Waals surface area contributed by atoms with Crippen molar-refractivity contribution in [2.24, 2.45) is 0 Å². The summed E-state index contributed by atoms with van der Waals surface area (Å²) in [6.07, 6.45) is 0.794. The van der Waals surface area contributed by atoms with Crippen molar-refractivity contribution in [2.75, 3.05) is 25.6 Å². The maximum Gasteiger partial charge on any atom is 0.319 e. The lowest BCUT2D eigenvalue weighted by Gasteiger charge is -2.08. The Morgan fingerprint density at radius 2 is 2.29 bits per heavy atom. The molecular weight excluding hydrogens is 286 g/mol.